The molecule has 1 aromatic rings. The molecule has 72 valence electrons. The molecule has 0 aliphatic carbocycles. The third-order valence-electron chi connectivity index (χ3n) is 2.05. The van der Waals surface area contributed by atoms with Gasteiger partial charge in [-0.3, -0.25) is 4.98 Å². The van der Waals surface area contributed by atoms with Crippen LogP contribution in [0.4, 0.5) is 0 Å². The lowest BCUT2D eigenvalue weighted by Gasteiger charge is -2.12. The van der Waals surface area contributed by atoms with Crippen molar-refractivity contribution in [2.45, 2.75) is 32.4 Å². The second-order valence-electron chi connectivity index (χ2n) is 3.10. The van der Waals surface area contributed by atoms with Crippen molar-refractivity contribution < 1.29 is 5.11 Å². The highest BCUT2D eigenvalue weighted by Gasteiger charge is 2.10. The molecule has 0 aliphatic heterocycles. The van der Waals surface area contributed by atoms with Gasteiger partial charge in [0.05, 0.1) is 12.3 Å². The van der Waals surface area contributed by atoms with E-state index >= 15 is 0 Å². The largest absolute Gasteiger partial charge is 0.392 e. The van der Waals surface area contributed by atoms with E-state index in [4.69, 9.17) is 10.8 Å². The molecule has 0 radical (unpaired) electrons. The molecule has 0 unspecified atom stereocenters. The van der Waals surface area contributed by atoms with Crippen molar-refractivity contribution in [3.63, 3.8) is 0 Å². The maximum absolute atomic E-state index is 9.04. The van der Waals surface area contributed by atoms with Crippen LogP contribution >= 0.6 is 0 Å². The minimum atomic E-state index is -0.0478. The molecule has 0 spiro atoms. The van der Waals surface area contributed by atoms with E-state index in [2.05, 4.69) is 11.9 Å². The molecule has 13 heavy (non-hydrogen) atoms. The van der Waals surface area contributed by atoms with Gasteiger partial charge in [0.25, 0.3) is 0 Å². The van der Waals surface area contributed by atoms with Crippen molar-refractivity contribution in [1.82, 2.24) is 4.98 Å². The van der Waals surface area contributed by atoms with Crippen LogP contribution in [0.15, 0.2) is 18.3 Å². The summed E-state index contributed by atoms with van der Waals surface area (Å²) in [6, 6.07) is 3.62. The third-order valence-corrected chi connectivity index (χ3v) is 2.05. The van der Waals surface area contributed by atoms with Crippen LogP contribution in [-0.4, -0.2) is 10.1 Å². The number of hydrogen-bond acceptors (Lipinski definition) is 3. The van der Waals surface area contributed by atoms with Crippen LogP contribution in [0.3, 0.4) is 0 Å². The summed E-state index contributed by atoms with van der Waals surface area (Å²) in [4.78, 5) is 4.18. The molecule has 3 N–H and O–H groups in total. The lowest BCUT2D eigenvalue weighted by atomic mass is 10.0. The molecule has 1 heterocycles. The van der Waals surface area contributed by atoms with Crippen molar-refractivity contribution in [3.05, 3.63) is 29.6 Å². The molecule has 0 saturated carbocycles. The zero-order valence-corrected chi connectivity index (χ0v) is 7.90. The first-order valence-corrected chi connectivity index (χ1v) is 4.59. The average Bonchev–Trinajstić information content (AvgIpc) is 2.18. The maximum Gasteiger partial charge on any atom is 0.0700 e. The molecule has 0 bridgehead atoms. The van der Waals surface area contributed by atoms with Crippen LogP contribution in [0, 0.1) is 0 Å². The van der Waals surface area contributed by atoms with E-state index in [1.54, 1.807) is 6.20 Å². The summed E-state index contributed by atoms with van der Waals surface area (Å²) in [7, 11) is 0. The van der Waals surface area contributed by atoms with Gasteiger partial charge in [0.1, 0.15) is 0 Å². The van der Waals surface area contributed by atoms with Gasteiger partial charge in [0.15, 0.2) is 0 Å². The van der Waals surface area contributed by atoms with Crippen LogP contribution in [0.25, 0.3) is 0 Å². The van der Waals surface area contributed by atoms with E-state index in [0.29, 0.717) is 0 Å². The molecule has 1 aromatic heterocycles. The number of aromatic nitrogens is 1. The van der Waals surface area contributed by atoms with Crippen molar-refractivity contribution in [2.24, 2.45) is 5.73 Å². The van der Waals surface area contributed by atoms with Crippen LogP contribution in [-0.2, 0) is 6.61 Å². The number of rotatable bonds is 4. The van der Waals surface area contributed by atoms with E-state index in [1.807, 2.05) is 12.1 Å². The topological polar surface area (TPSA) is 59.1 Å². The monoisotopic (exact) mass is 180 g/mol. The smallest absolute Gasteiger partial charge is 0.0700 e. The van der Waals surface area contributed by atoms with Gasteiger partial charge in [-0.1, -0.05) is 19.4 Å². The Morgan fingerprint density at radius 2 is 2.38 bits per heavy atom. The zero-order valence-electron chi connectivity index (χ0n) is 7.90. The second kappa shape index (κ2) is 4.94. The summed E-state index contributed by atoms with van der Waals surface area (Å²) in [5.41, 5.74) is 7.57. The summed E-state index contributed by atoms with van der Waals surface area (Å²) >= 11 is 0. The third kappa shape index (κ3) is 2.50. The van der Waals surface area contributed by atoms with E-state index < -0.39 is 0 Å². The second-order valence-corrected chi connectivity index (χ2v) is 3.10. The molecule has 1 rings (SSSR count). The summed E-state index contributed by atoms with van der Waals surface area (Å²) in [6.07, 6.45) is 3.65. The Morgan fingerprint density at radius 1 is 1.62 bits per heavy atom. The van der Waals surface area contributed by atoms with Crippen LogP contribution in [0.2, 0.25) is 0 Å². The van der Waals surface area contributed by atoms with E-state index in [-0.39, 0.29) is 12.6 Å². The van der Waals surface area contributed by atoms with Gasteiger partial charge in [-0.15, -0.1) is 0 Å². The molecule has 0 aromatic carbocycles. The Balaban J connectivity index is 2.85. The summed E-state index contributed by atoms with van der Waals surface area (Å²) in [5, 5.41) is 9.04. The van der Waals surface area contributed by atoms with E-state index in [0.717, 1.165) is 24.1 Å². The molecule has 1 atom stereocenters. The number of pyridine rings is 1. The predicted octanol–water partition coefficient (Wildman–Crippen LogP) is 1.37. The van der Waals surface area contributed by atoms with Crippen molar-refractivity contribution in [1.29, 1.82) is 0 Å². The zero-order chi connectivity index (χ0) is 9.68. The van der Waals surface area contributed by atoms with Gasteiger partial charge in [0, 0.05) is 17.8 Å². The van der Waals surface area contributed by atoms with Crippen molar-refractivity contribution in [3.8, 4) is 0 Å². The van der Waals surface area contributed by atoms with Gasteiger partial charge in [-0.05, 0) is 12.5 Å². The van der Waals surface area contributed by atoms with Gasteiger partial charge in [-0.25, -0.2) is 0 Å². The minimum absolute atomic E-state index is 0.0145. The molecular weight excluding hydrogens is 164 g/mol. The van der Waals surface area contributed by atoms with E-state index in [1.165, 1.54) is 0 Å². The Bertz CT molecular complexity index is 263. The van der Waals surface area contributed by atoms with Gasteiger partial charge in [0.2, 0.25) is 0 Å². The van der Waals surface area contributed by atoms with Crippen LogP contribution < -0.4 is 5.73 Å². The predicted molar refractivity (Wildman–Crippen MR) is 52.0 cm³/mol. The number of aliphatic hydroxyl groups excluding tert-OH is 1. The highest BCUT2D eigenvalue weighted by Crippen LogP contribution is 2.17. The quantitative estimate of drug-likeness (QED) is 0.735. The Morgan fingerprint density at radius 3 is 3.00 bits per heavy atom. The van der Waals surface area contributed by atoms with Crippen molar-refractivity contribution in [2.75, 3.05) is 0 Å². The summed E-state index contributed by atoms with van der Waals surface area (Å²) in [5.74, 6) is 0. The fraction of sp³-hybridized carbons (Fsp3) is 0.500. The van der Waals surface area contributed by atoms with Gasteiger partial charge < -0.3 is 10.8 Å². The lowest BCUT2D eigenvalue weighted by molar-refractivity contribution is 0.279. The standard InChI is InChI=1S/C10H16N2O/c1-2-4-9(11)10-8(7-13)5-3-6-12-10/h3,5-6,9,13H,2,4,7,11H2,1H3/t9-/m1/s1. The van der Waals surface area contributed by atoms with Crippen molar-refractivity contribution >= 4 is 0 Å². The first kappa shape index (κ1) is 10.2. The fourth-order valence-electron chi connectivity index (χ4n) is 1.37. The molecular formula is C10H16N2O. The van der Waals surface area contributed by atoms with Gasteiger partial charge in [-0.2, -0.15) is 0 Å². The maximum atomic E-state index is 9.04. The van der Waals surface area contributed by atoms with E-state index in [9.17, 15) is 0 Å². The number of aliphatic hydroxyl groups is 1. The Hall–Kier alpha value is -0.930. The molecule has 0 fully saturated rings. The Labute approximate surface area is 78.6 Å². The van der Waals surface area contributed by atoms with Gasteiger partial charge >= 0.3 is 0 Å². The molecule has 0 saturated heterocycles. The number of nitrogens with zero attached hydrogens (tertiary/aromatic N) is 1. The summed E-state index contributed by atoms with van der Waals surface area (Å²) < 4.78 is 0. The Kier molecular flexibility index (Phi) is 3.86. The molecule has 0 aliphatic rings. The first-order valence-electron chi connectivity index (χ1n) is 4.59. The first-order chi connectivity index (χ1) is 6.29. The molecule has 0 amide bonds. The van der Waals surface area contributed by atoms with Crippen LogP contribution in [0.1, 0.15) is 37.1 Å². The highest BCUT2D eigenvalue weighted by atomic mass is 16.3. The summed E-state index contributed by atoms with van der Waals surface area (Å²) in [6.45, 7) is 2.10. The average molecular weight is 180 g/mol. The molecule has 3 heteroatoms. The fourth-order valence-corrected chi connectivity index (χ4v) is 1.37. The molecule has 3 nitrogen and oxygen atoms in total. The number of nitrogens with two attached hydrogens (primary N) is 1. The lowest BCUT2D eigenvalue weighted by Crippen LogP contribution is -2.14. The SMILES string of the molecule is CCC[C@@H](N)c1ncccc1CO. The minimum Gasteiger partial charge on any atom is -0.392 e. The normalized spacial score (nSPS) is 12.8. The number of hydrogen-bond donors (Lipinski definition) is 2. The van der Waals surface area contributed by atoms with Crippen LogP contribution in [0.5, 0.6) is 0 Å². The highest BCUT2D eigenvalue weighted by molar-refractivity contribution is 5.21.